The van der Waals surface area contributed by atoms with Gasteiger partial charge in [0.25, 0.3) is 0 Å². The van der Waals surface area contributed by atoms with Gasteiger partial charge in [-0.3, -0.25) is 0 Å². The molecular formula is C11H22N2O2. The molecule has 0 radical (unpaired) electrons. The summed E-state index contributed by atoms with van der Waals surface area (Å²) in [7, 11) is 1.91. The molecule has 1 heterocycles. The lowest BCUT2D eigenvalue weighted by Gasteiger charge is -2.44. The number of ether oxygens (including phenoxy) is 1. The number of rotatable bonds is 2. The van der Waals surface area contributed by atoms with E-state index in [2.05, 4.69) is 12.2 Å². The summed E-state index contributed by atoms with van der Waals surface area (Å²) in [5.74, 6) is 0. The molecule has 1 unspecified atom stereocenters. The molecule has 1 N–H and O–H groups in total. The molecule has 0 saturated carbocycles. The molecule has 4 heteroatoms. The van der Waals surface area contributed by atoms with E-state index < -0.39 is 5.60 Å². The van der Waals surface area contributed by atoms with E-state index in [1.54, 1.807) is 4.90 Å². The number of carbonyl (C=O) groups excluding carboxylic acids is 1. The van der Waals surface area contributed by atoms with Crippen molar-refractivity contribution in [3.8, 4) is 0 Å². The molecule has 1 rings (SSSR count). The van der Waals surface area contributed by atoms with Crippen molar-refractivity contribution >= 4 is 6.09 Å². The number of hydrogen-bond donors (Lipinski definition) is 1. The maximum absolute atomic E-state index is 11.7. The van der Waals surface area contributed by atoms with Crippen molar-refractivity contribution in [2.45, 2.75) is 51.8 Å². The van der Waals surface area contributed by atoms with Crippen LogP contribution < -0.4 is 5.32 Å². The lowest BCUT2D eigenvalue weighted by molar-refractivity contribution is -0.0109. The molecule has 0 aliphatic carbocycles. The minimum absolute atomic E-state index is 0.194. The van der Waals surface area contributed by atoms with Crippen molar-refractivity contribution in [2.75, 3.05) is 13.6 Å². The number of likely N-dealkylation sites (tertiary alicyclic amines) is 1. The second kappa shape index (κ2) is 4.39. The van der Waals surface area contributed by atoms with Crippen LogP contribution in [0.15, 0.2) is 0 Å². The highest BCUT2D eigenvalue weighted by Gasteiger charge is 2.37. The van der Waals surface area contributed by atoms with Crippen molar-refractivity contribution in [2.24, 2.45) is 0 Å². The SMILES string of the molecule is CNC(C)[C@@H]1CCN1C(=O)OC(C)(C)C. The zero-order valence-corrected chi connectivity index (χ0v) is 10.3. The van der Waals surface area contributed by atoms with Crippen LogP contribution >= 0.6 is 0 Å². The summed E-state index contributed by atoms with van der Waals surface area (Å²) >= 11 is 0. The number of nitrogens with zero attached hydrogens (tertiary/aromatic N) is 1. The molecule has 1 amide bonds. The Morgan fingerprint density at radius 1 is 1.53 bits per heavy atom. The lowest BCUT2D eigenvalue weighted by Crippen LogP contribution is -2.59. The monoisotopic (exact) mass is 214 g/mol. The van der Waals surface area contributed by atoms with Gasteiger partial charge in [-0.05, 0) is 41.2 Å². The lowest BCUT2D eigenvalue weighted by atomic mass is 9.97. The van der Waals surface area contributed by atoms with Crippen LogP contribution in [0.1, 0.15) is 34.1 Å². The highest BCUT2D eigenvalue weighted by atomic mass is 16.6. The number of carbonyl (C=O) groups is 1. The third kappa shape index (κ3) is 3.09. The summed E-state index contributed by atoms with van der Waals surface area (Å²) in [4.78, 5) is 13.5. The number of amides is 1. The molecule has 15 heavy (non-hydrogen) atoms. The van der Waals surface area contributed by atoms with Gasteiger partial charge in [-0.25, -0.2) is 4.79 Å². The summed E-state index contributed by atoms with van der Waals surface area (Å²) in [6, 6.07) is 0.608. The molecular weight excluding hydrogens is 192 g/mol. The van der Waals surface area contributed by atoms with Gasteiger partial charge in [0.05, 0.1) is 6.04 Å². The Hall–Kier alpha value is -0.770. The van der Waals surface area contributed by atoms with E-state index in [9.17, 15) is 4.79 Å². The van der Waals surface area contributed by atoms with Gasteiger partial charge in [-0.2, -0.15) is 0 Å². The zero-order chi connectivity index (χ0) is 11.6. The van der Waals surface area contributed by atoms with Crippen LogP contribution in [-0.2, 0) is 4.74 Å². The zero-order valence-electron chi connectivity index (χ0n) is 10.3. The third-order valence-electron chi connectivity index (χ3n) is 2.73. The van der Waals surface area contributed by atoms with Crippen LogP contribution in [0.2, 0.25) is 0 Å². The van der Waals surface area contributed by atoms with E-state index in [1.807, 2.05) is 27.8 Å². The first kappa shape index (κ1) is 12.3. The maximum Gasteiger partial charge on any atom is 0.410 e. The molecule has 1 saturated heterocycles. The van der Waals surface area contributed by atoms with Gasteiger partial charge in [0.15, 0.2) is 0 Å². The Balaban J connectivity index is 2.48. The minimum Gasteiger partial charge on any atom is -0.444 e. The van der Waals surface area contributed by atoms with E-state index in [0.717, 1.165) is 13.0 Å². The van der Waals surface area contributed by atoms with E-state index in [-0.39, 0.29) is 12.1 Å². The fourth-order valence-corrected chi connectivity index (χ4v) is 1.67. The second-order valence-corrected chi connectivity index (χ2v) is 5.11. The van der Waals surface area contributed by atoms with Gasteiger partial charge in [-0.1, -0.05) is 0 Å². The smallest absolute Gasteiger partial charge is 0.410 e. The molecule has 88 valence electrons. The average molecular weight is 214 g/mol. The second-order valence-electron chi connectivity index (χ2n) is 5.11. The van der Waals surface area contributed by atoms with Crippen molar-refractivity contribution in [3.05, 3.63) is 0 Å². The predicted molar refractivity (Wildman–Crippen MR) is 59.9 cm³/mol. The van der Waals surface area contributed by atoms with Crippen molar-refractivity contribution in [1.29, 1.82) is 0 Å². The Kier molecular flexibility index (Phi) is 3.60. The summed E-state index contributed by atoms with van der Waals surface area (Å²) in [6.07, 6.45) is 0.863. The Morgan fingerprint density at radius 3 is 2.47 bits per heavy atom. The Bertz CT molecular complexity index is 235. The molecule has 0 spiro atoms. The van der Waals surface area contributed by atoms with Crippen LogP contribution in [0.5, 0.6) is 0 Å². The summed E-state index contributed by atoms with van der Waals surface area (Å²) in [5.41, 5.74) is -0.403. The average Bonchev–Trinajstić information content (AvgIpc) is 1.97. The third-order valence-corrected chi connectivity index (χ3v) is 2.73. The fourth-order valence-electron chi connectivity index (χ4n) is 1.67. The van der Waals surface area contributed by atoms with Crippen LogP contribution in [0.4, 0.5) is 4.79 Å². The van der Waals surface area contributed by atoms with Crippen molar-refractivity contribution < 1.29 is 9.53 Å². The van der Waals surface area contributed by atoms with E-state index in [0.29, 0.717) is 6.04 Å². The number of hydrogen-bond acceptors (Lipinski definition) is 3. The van der Waals surface area contributed by atoms with Gasteiger partial charge < -0.3 is 15.0 Å². The molecule has 0 aromatic rings. The van der Waals surface area contributed by atoms with Crippen LogP contribution in [0, 0.1) is 0 Å². The molecule has 1 aliphatic rings. The van der Waals surface area contributed by atoms with Gasteiger partial charge in [0.1, 0.15) is 5.60 Å². The Labute approximate surface area is 92.0 Å². The van der Waals surface area contributed by atoms with Gasteiger partial charge in [0.2, 0.25) is 0 Å². The highest BCUT2D eigenvalue weighted by Crippen LogP contribution is 2.23. The molecule has 1 fully saturated rings. The van der Waals surface area contributed by atoms with Crippen LogP contribution in [0.3, 0.4) is 0 Å². The number of likely N-dealkylation sites (N-methyl/N-ethyl adjacent to an activating group) is 1. The first-order valence-electron chi connectivity index (χ1n) is 5.52. The van der Waals surface area contributed by atoms with Gasteiger partial charge in [0, 0.05) is 12.6 Å². The molecule has 1 aliphatic heterocycles. The largest absolute Gasteiger partial charge is 0.444 e. The van der Waals surface area contributed by atoms with Crippen molar-refractivity contribution in [3.63, 3.8) is 0 Å². The van der Waals surface area contributed by atoms with E-state index in [1.165, 1.54) is 0 Å². The van der Waals surface area contributed by atoms with Crippen LogP contribution in [-0.4, -0.2) is 42.3 Å². The van der Waals surface area contributed by atoms with E-state index in [4.69, 9.17) is 4.74 Å². The molecule has 4 nitrogen and oxygen atoms in total. The summed E-state index contributed by atoms with van der Waals surface area (Å²) in [5, 5.41) is 3.17. The normalized spacial score (nSPS) is 23.3. The maximum atomic E-state index is 11.7. The molecule has 0 aromatic carbocycles. The minimum atomic E-state index is -0.403. The van der Waals surface area contributed by atoms with Gasteiger partial charge >= 0.3 is 6.09 Å². The van der Waals surface area contributed by atoms with Crippen molar-refractivity contribution in [1.82, 2.24) is 10.2 Å². The first-order valence-corrected chi connectivity index (χ1v) is 5.52. The van der Waals surface area contributed by atoms with Crippen LogP contribution in [0.25, 0.3) is 0 Å². The van der Waals surface area contributed by atoms with E-state index >= 15 is 0 Å². The standard InChI is InChI=1S/C11H22N2O2/c1-8(12-5)9-6-7-13(9)10(14)15-11(2,3)4/h8-9,12H,6-7H2,1-5H3/t8?,9-/m0/s1. The quantitative estimate of drug-likeness (QED) is 0.759. The summed E-state index contributed by atoms with van der Waals surface area (Å²) < 4.78 is 5.33. The fraction of sp³-hybridized carbons (Fsp3) is 0.909. The Morgan fingerprint density at radius 2 is 2.13 bits per heavy atom. The molecule has 0 aromatic heterocycles. The molecule has 2 atom stereocenters. The molecule has 0 bridgehead atoms. The predicted octanol–water partition coefficient (Wildman–Crippen LogP) is 1.60. The topological polar surface area (TPSA) is 41.6 Å². The highest BCUT2D eigenvalue weighted by molar-refractivity contribution is 5.69. The van der Waals surface area contributed by atoms with Gasteiger partial charge in [-0.15, -0.1) is 0 Å². The number of nitrogens with one attached hydrogen (secondary N) is 1. The first-order chi connectivity index (χ1) is 6.85. The summed E-state index contributed by atoms with van der Waals surface area (Å²) in [6.45, 7) is 8.57.